The third-order valence-electron chi connectivity index (χ3n) is 7.88. The Morgan fingerprint density at radius 3 is 1.13 bits per heavy atom. The van der Waals surface area contributed by atoms with Gasteiger partial charge in [-0.25, -0.2) is 28.7 Å². The molecular weight excluding hydrogens is 696 g/mol. The van der Waals surface area contributed by atoms with Crippen LogP contribution in [0.15, 0.2) is 107 Å². The highest BCUT2D eigenvalue weighted by atomic mass is 19.4. The Labute approximate surface area is 287 Å². The molecule has 2 aromatic carbocycles. The normalized spacial score (nSPS) is 16.2. The topological polar surface area (TPSA) is 147 Å². The van der Waals surface area contributed by atoms with Crippen LogP contribution >= 0.6 is 0 Å². The molecule has 0 N–H and O–H groups in total. The molecule has 0 fully saturated rings. The van der Waals surface area contributed by atoms with Gasteiger partial charge in [0, 0.05) is 58.2 Å². The summed E-state index contributed by atoms with van der Waals surface area (Å²) in [7, 11) is 0. The molecule has 52 heavy (non-hydrogen) atoms. The first-order chi connectivity index (χ1) is 24.8. The number of alkyl halides is 6. The van der Waals surface area contributed by atoms with Crippen molar-refractivity contribution < 1.29 is 35.1 Å². The van der Waals surface area contributed by atoms with E-state index >= 15 is 26.3 Å². The third kappa shape index (κ3) is 5.64. The molecule has 0 saturated heterocycles. The van der Waals surface area contributed by atoms with Gasteiger partial charge in [0.2, 0.25) is 0 Å². The maximum atomic E-state index is 15.6. The van der Waals surface area contributed by atoms with E-state index in [1.54, 1.807) is 12.1 Å². The zero-order chi connectivity index (χ0) is 37.5. The summed E-state index contributed by atoms with van der Waals surface area (Å²) in [5, 5.41) is 39.4. The van der Waals surface area contributed by atoms with E-state index in [1.165, 1.54) is 24.3 Å². The minimum Gasteiger partial charge on any atom is -0.237 e. The number of nitrogens with zero attached hydrogens (tertiary/aromatic N) is 8. The summed E-state index contributed by atoms with van der Waals surface area (Å²) in [6, 6.07) is 13.6. The number of aromatic nitrogens is 4. The second kappa shape index (κ2) is 12.9. The van der Waals surface area contributed by atoms with Gasteiger partial charge < -0.3 is 0 Å². The average molecular weight is 709 g/mol. The molecule has 2 heterocycles. The molecule has 0 saturated carbocycles. The molecular formula is C36H12F8N8. The molecule has 252 valence electrons. The summed E-state index contributed by atoms with van der Waals surface area (Å²) in [4.78, 5) is 15.4. The maximum absolute atomic E-state index is 15.6. The number of rotatable bonds is 4. The lowest BCUT2D eigenvalue weighted by atomic mass is 9.85. The van der Waals surface area contributed by atoms with Gasteiger partial charge in [0.05, 0.1) is 33.4 Å². The van der Waals surface area contributed by atoms with E-state index in [-0.39, 0.29) is 0 Å². The van der Waals surface area contributed by atoms with E-state index in [4.69, 9.17) is 0 Å². The van der Waals surface area contributed by atoms with E-state index in [1.807, 2.05) is 0 Å². The molecule has 2 aliphatic carbocycles. The van der Waals surface area contributed by atoms with Crippen LogP contribution in [0.25, 0.3) is 22.3 Å². The highest BCUT2D eigenvalue weighted by Gasteiger charge is 2.57. The lowest BCUT2D eigenvalue weighted by Crippen LogP contribution is -2.18. The van der Waals surface area contributed by atoms with Crippen molar-refractivity contribution in [1.29, 1.82) is 21.0 Å². The summed E-state index contributed by atoms with van der Waals surface area (Å²) in [6.45, 7) is 0. The largest absolute Gasteiger partial charge is 0.417 e. The molecule has 8 nitrogen and oxygen atoms in total. The van der Waals surface area contributed by atoms with Gasteiger partial charge in [0.25, 0.3) is 0 Å². The molecule has 6 rings (SSSR count). The lowest BCUT2D eigenvalue weighted by molar-refractivity contribution is -0.0902. The van der Waals surface area contributed by atoms with Gasteiger partial charge in [-0.1, -0.05) is 12.1 Å². The van der Waals surface area contributed by atoms with Crippen molar-refractivity contribution in [1.82, 2.24) is 19.9 Å². The molecule has 0 unspecified atom stereocenters. The lowest BCUT2D eigenvalue weighted by Gasteiger charge is -2.21. The van der Waals surface area contributed by atoms with Crippen LogP contribution < -0.4 is 0 Å². The Kier molecular flexibility index (Phi) is 8.55. The van der Waals surface area contributed by atoms with E-state index in [0.717, 1.165) is 49.1 Å². The van der Waals surface area contributed by atoms with Crippen LogP contribution in [-0.4, -0.2) is 32.3 Å². The summed E-state index contributed by atoms with van der Waals surface area (Å²) in [5.41, 5.74) is -14.3. The smallest absolute Gasteiger partial charge is 0.237 e. The van der Waals surface area contributed by atoms with Gasteiger partial charge in [0.1, 0.15) is 35.9 Å². The van der Waals surface area contributed by atoms with Gasteiger partial charge in [0.15, 0.2) is 11.6 Å². The van der Waals surface area contributed by atoms with Crippen LogP contribution in [0.4, 0.5) is 35.1 Å². The van der Waals surface area contributed by atoms with Crippen LogP contribution in [0.2, 0.25) is 0 Å². The molecule has 0 aliphatic heterocycles. The SMILES string of the molecule is N#C/C(=C1C2=C(C(C(F)(F)F)=C/1c1ncccn1)/C(=C(/C#N)c1ccc(C#N)c(F)c1)C(c1ncccn1)=C2C(F)(F)F)c1ccc(C#N)c(F)c1. The summed E-state index contributed by atoms with van der Waals surface area (Å²) in [6.07, 6.45) is -7.15. The molecule has 2 aliphatic rings. The van der Waals surface area contributed by atoms with Crippen LogP contribution in [-0.2, 0) is 0 Å². The Morgan fingerprint density at radius 2 is 0.865 bits per heavy atom. The second-order valence-corrected chi connectivity index (χ2v) is 10.7. The van der Waals surface area contributed by atoms with Gasteiger partial charge in [-0.05, 0) is 47.5 Å². The first-order valence-electron chi connectivity index (χ1n) is 14.4. The highest BCUT2D eigenvalue weighted by Crippen LogP contribution is 2.63. The molecule has 4 aromatic rings. The highest BCUT2D eigenvalue weighted by molar-refractivity contribution is 6.14. The van der Waals surface area contributed by atoms with Crippen molar-refractivity contribution >= 4 is 22.3 Å². The number of allylic oxidation sites excluding steroid dienone is 10. The Hall–Kier alpha value is -7.30. The fraction of sp³-hybridized carbons (Fsp3) is 0.0556. The fourth-order valence-electron chi connectivity index (χ4n) is 5.92. The number of nitriles is 4. The molecule has 0 amide bonds. The van der Waals surface area contributed by atoms with E-state index in [2.05, 4.69) is 19.9 Å². The summed E-state index contributed by atoms with van der Waals surface area (Å²) < 4.78 is 124. The number of hydrogen-bond donors (Lipinski definition) is 0. The molecule has 0 spiro atoms. The quantitative estimate of drug-likeness (QED) is 0.154. The van der Waals surface area contributed by atoms with Crippen molar-refractivity contribution in [3.8, 4) is 24.3 Å². The van der Waals surface area contributed by atoms with Crippen LogP contribution in [0.3, 0.4) is 0 Å². The predicted molar refractivity (Wildman–Crippen MR) is 164 cm³/mol. The molecule has 2 aromatic heterocycles. The van der Waals surface area contributed by atoms with Crippen LogP contribution in [0.1, 0.15) is 33.9 Å². The van der Waals surface area contributed by atoms with Crippen LogP contribution in [0.5, 0.6) is 0 Å². The standard InChI is InChI=1S/C36H12F8N8/c37-23-11-17(3-5-19(23)13-45)21(15-47)25-27-28(31(35(39,40)41)29(25)33-49-7-1-8-50-33)26(22(16-48)18-4-6-20(14-46)24(38)12-18)30(32(27)36(42,43)44)34-51-9-2-10-52-34/h1-12H/b25-21+,26-22+. The number of benzene rings is 2. The minimum atomic E-state index is -5.57. The van der Waals surface area contributed by atoms with Crippen molar-refractivity contribution in [2.24, 2.45) is 0 Å². The number of hydrogen-bond acceptors (Lipinski definition) is 8. The fourth-order valence-corrected chi connectivity index (χ4v) is 5.92. The first kappa shape index (κ1) is 34.6. The molecule has 0 radical (unpaired) electrons. The monoisotopic (exact) mass is 708 g/mol. The zero-order valence-electron chi connectivity index (χ0n) is 25.5. The predicted octanol–water partition coefficient (Wildman–Crippen LogP) is 7.90. The Bertz CT molecular complexity index is 2360. The van der Waals surface area contributed by atoms with E-state index in [0.29, 0.717) is 12.1 Å². The zero-order valence-corrected chi connectivity index (χ0v) is 25.5. The van der Waals surface area contributed by atoms with Crippen molar-refractivity contribution in [2.45, 2.75) is 12.4 Å². The Morgan fingerprint density at radius 1 is 0.519 bits per heavy atom. The maximum Gasteiger partial charge on any atom is 0.417 e. The summed E-state index contributed by atoms with van der Waals surface area (Å²) >= 11 is 0. The van der Waals surface area contributed by atoms with Gasteiger partial charge in [-0.15, -0.1) is 0 Å². The van der Waals surface area contributed by atoms with Crippen LogP contribution in [0, 0.1) is 57.0 Å². The van der Waals surface area contributed by atoms with Gasteiger partial charge in [-0.2, -0.15) is 47.4 Å². The second-order valence-electron chi connectivity index (χ2n) is 10.7. The minimum absolute atomic E-state index is 0.510. The van der Waals surface area contributed by atoms with Crippen molar-refractivity contribution in [2.75, 3.05) is 0 Å². The Balaban J connectivity index is 1.93. The molecule has 0 bridgehead atoms. The number of halogens is 8. The third-order valence-corrected chi connectivity index (χ3v) is 7.88. The molecule has 16 heteroatoms. The van der Waals surface area contributed by atoms with Crippen molar-refractivity contribution in [3.63, 3.8) is 0 Å². The molecule has 0 atom stereocenters. The van der Waals surface area contributed by atoms with Crippen molar-refractivity contribution in [3.05, 3.63) is 152 Å². The first-order valence-corrected chi connectivity index (χ1v) is 14.4. The van der Waals surface area contributed by atoms with Gasteiger partial charge >= 0.3 is 12.4 Å². The summed E-state index contributed by atoms with van der Waals surface area (Å²) in [5.74, 6) is -4.04. The van der Waals surface area contributed by atoms with Gasteiger partial charge in [-0.3, -0.25) is 0 Å². The van der Waals surface area contributed by atoms with E-state index < -0.39 is 114 Å². The van der Waals surface area contributed by atoms with E-state index in [9.17, 15) is 29.8 Å². The average Bonchev–Trinajstić information content (AvgIpc) is 3.63.